The first-order valence-corrected chi connectivity index (χ1v) is 8.08. The minimum absolute atomic E-state index is 0.0518. The Morgan fingerprint density at radius 1 is 1.13 bits per heavy atom. The molecule has 6 heteroatoms. The number of carbonyl (C=O) groups is 2. The summed E-state index contributed by atoms with van der Waals surface area (Å²) >= 11 is 5.16. The van der Waals surface area contributed by atoms with Gasteiger partial charge in [-0.3, -0.25) is 9.59 Å². The second-order valence-corrected chi connectivity index (χ2v) is 5.90. The fraction of sp³-hybridized carbons (Fsp3) is 0.471. The largest absolute Gasteiger partial charge is 0.466 e. The number of esters is 1. The van der Waals surface area contributed by atoms with Gasteiger partial charge in [0.1, 0.15) is 0 Å². The third-order valence-corrected chi connectivity index (χ3v) is 3.40. The molecule has 126 valence electrons. The number of hydrogen-bond acceptors (Lipinski definition) is 4. The van der Waals surface area contributed by atoms with Gasteiger partial charge in [0.25, 0.3) is 0 Å². The van der Waals surface area contributed by atoms with Gasteiger partial charge in [0.2, 0.25) is 5.91 Å². The Kier molecular flexibility index (Phi) is 7.68. The number of thiocarbonyl (C=S) groups is 1. The molecule has 23 heavy (non-hydrogen) atoms. The fourth-order valence-electron chi connectivity index (χ4n) is 2.21. The van der Waals surface area contributed by atoms with Gasteiger partial charge in [-0.15, -0.1) is 0 Å². The summed E-state index contributed by atoms with van der Waals surface area (Å²) in [5.41, 5.74) is 4.18. The summed E-state index contributed by atoms with van der Waals surface area (Å²) in [5.74, 6) is -0.676. The SMILES string of the molecule is CCCOC(=O)CCC(=O)NC(=S)Nc1c(C)cc(C)cc1C. The minimum atomic E-state index is -0.369. The lowest BCUT2D eigenvalue weighted by atomic mass is 10.1. The molecule has 0 fully saturated rings. The number of benzene rings is 1. The zero-order valence-electron chi connectivity index (χ0n) is 14.1. The van der Waals surface area contributed by atoms with E-state index in [1.54, 1.807) is 0 Å². The number of rotatable bonds is 6. The highest BCUT2D eigenvalue weighted by Gasteiger charge is 2.11. The van der Waals surface area contributed by atoms with E-state index < -0.39 is 0 Å². The van der Waals surface area contributed by atoms with E-state index >= 15 is 0 Å². The summed E-state index contributed by atoms with van der Waals surface area (Å²) in [6.45, 7) is 8.29. The van der Waals surface area contributed by atoms with E-state index in [1.165, 1.54) is 5.56 Å². The van der Waals surface area contributed by atoms with Crippen molar-refractivity contribution in [2.24, 2.45) is 0 Å². The van der Waals surface area contributed by atoms with Gasteiger partial charge >= 0.3 is 5.97 Å². The van der Waals surface area contributed by atoms with Gasteiger partial charge in [-0.25, -0.2) is 0 Å². The van der Waals surface area contributed by atoms with Crippen molar-refractivity contribution in [3.8, 4) is 0 Å². The highest BCUT2D eigenvalue weighted by molar-refractivity contribution is 7.80. The molecule has 1 rings (SSSR count). The lowest BCUT2D eigenvalue weighted by Crippen LogP contribution is -2.34. The van der Waals surface area contributed by atoms with E-state index in [0.717, 1.165) is 23.2 Å². The van der Waals surface area contributed by atoms with Crippen LogP contribution in [0.5, 0.6) is 0 Å². The summed E-state index contributed by atoms with van der Waals surface area (Å²) in [6.07, 6.45) is 0.870. The highest BCUT2D eigenvalue weighted by Crippen LogP contribution is 2.21. The molecule has 0 radical (unpaired) electrons. The second-order valence-electron chi connectivity index (χ2n) is 5.50. The number of nitrogens with one attached hydrogen (secondary N) is 2. The van der Waals surface area contributed by atoms with Crippen LogP contribution in [0.1, 0.15) is 42.9 Å². The van der Waals surface area contributed by atoms with Crippen LogP contribution in [0.25, 0.3) is 0 Å². The lowest BCUT2D eigenvalue weighted by Gasteiger charge is -2.15. The summed E-state index contributed by atoms with van der Waals surface area (Å²) in [6, 6.07) is 4.09. The van der Waals surface area contributed by atoms with E-state index in [-0.39, 0.29) is 29.8 Å². The second kappa shape index (κ2) is 9.25. The zero-order chi connectivity index (χ0) is 17.4. The first-order chi connectivity index (χ1) is 10.8. The molecule has 0 aliphatic heterocycles. The van der Waals surface area contributed by atoms with Crippen molar-refractivity contribution >= 4 is 34.9 Å². The average molecular weight is 336 g/mol. The molecule has 1 amide bonds. The molecule has 0 atom stereocenters. The van der Waals surface area contributed by atoms with Crippen LogP contribution in [-0.4, -0.2) is 23.6 Å². The standard InChI is InChI=1S/C17H24N2O3S/c1-5-8-22-15(21)7-6-14(20)18-17(23)19-16-12(3)9-11(2)10-13(16)4/h9-10H,5-8H2,1-4H3,(H2,18,19,20,23). The van der Waals surface area contributed by atoms with Crippen LogP contribution < -0.4 is 10.6 Å². The van der Waals surface area contributed by atoms with E-state index in [9.17, 15) is 9.59 Å². The van der Waals surface area contributed by atoms with Crippen molar-refractivity contribution in [3.63, 3.8) is 0 Å². The maximum Gasteiger partial charge on any atom is 0.306 e. The predicted octanol–water partition coefficient (Wildman–Crippen LogP) is 3.16. The zero-order valence-corrected chi connectivity index (χ0v) is 14.9. The molecule has 0 saturated carbocycles. The Hall–Kier alpha value is -1.95. The molecule has 0 heterocycles. The average Bonchev–Trinajstić information content (AvgIpc) is 2.46. The van der Waals surface area contributed by atoms with Crippen LogP contribution >= 0.6 is 12.2 Å². The smallest absolute Gasteiger partial charge is 0.306 e. The van der Waals surface area contributed by atoms with Crippen molar-refractivity contribution in [1.29, 1.82) is 0 Å². The number of amides is 1. The maximum atomic E-state index is 11.8. The van der Waals surface area contributed by atoms with E-state index in [4.69, 9.17) is 17.0 Å². The summed E-state index contributed by atoms with van der Waals surface area (Å²) in [4.78, 5) is 23.2. The van der Waals surface area contributed by atoms with Crippen LogP contribution in [0, 0.1) is 20.8 Å². The minimum Gasteiger partial charge on any atom is -0.466 e. The van der Waals surface area contributed by atoms with Gasteiger partial charge in [0, 0.05) is 12.1 Å². The molecule has 0 aliphatic carbocycles. The number of anilines is 1. The van der Waals surface area contributed by atoms with Crippen LogP contribution in [0.3, 0.4) is 0 Å². The summed E-state index contributed by atoms with van der Waals surface area (Å²) in [5, 5.41) is 5.85. The number of ether oxygens (including phenoxy) is 1. The molecule has 0 aliphatic rings. The van der Waals surface area contributed by atoms with E-state index in [0.29, 0.717) is 6.61 Å². The Bertz CT molecular complexity index is 576. The Morgan fingerprint density at radius 2 is 1.74 bits per heavy atom. The summed E-state index contributed by atoms with van der Waals surface area (Å²) in [7, 11) is 0. The van der Waals surface area contributed by atoms with Crippen molar-refractivity contribution in [2.75, 3.05) is 11.9 Å². The van der Waals surface area contributed by atoms with Crippen molar-refractivity contribution < 1.29 is 14.3 Å². The summed E-state index contributed by atoms with van der Waals surface area (Å²) < 4.78 is 4.92. The Balaban J connectivity index is 2.48. The van der Waals surface area contributed by atoms with E-state index in [2.05, 4.69) is 10.6 Å². The highest BCUT2D eigenvalue weighted by atomic mass is 32.1. The maximum absolute atomic E-state index is 11.8. The van der Waals surface area contributed by atoms with Gasteiger partial charge in [0.15, 0.2) is 5.11 Å². The van der Waals surface area contributed by atoms with Gasteiger partial charge in [-0.2, -0.15) is 0 Å². The fourth-order valence-corrected chi connectivity index (χ4v) is 2.43. The molecular weight excluding hydrogens is 312 g/mol. The monoisotopic (exact) mass is 336 g/mol. The topological polar surface area (TPSA) is 67.4 Å². The Morgan fingerprint density at radius 3 is 2.30 bits per heavy atom. The molecule has 0 spiro atoms. The van der Waals surface area contributed by atoms with Gasteiger partial charge in [-0.1, -0.05) is 24.6 Å². The first-order valence-electron chi connectivity index (χ1n) is 7.67. The van der Waals surface area contributed by atoms with Crippen molar-refractivity contribution in [3.05, 3.63) is 28.8 Å². The molecule has 0 bridgehead atoms. The van der Waals surface area contributed by atoms with Crippen LogP contribution in [0.15, 0.2) is 12.1 Å². The number of carbonyl (C=O) groups excluding carboxylic acids is 2. The van der Waals surface area contributed by atoms with Crippen molar-refractivity contribution in [1.82, 2.24) is 5.32 Å². The van der Waals surface area contributed by atoms with Gasteiger partial charge in [0.05, 0.1) is 13.0 Å². The third-order valence-electron chi connectivity index (χ3n) is 3.19. The Labute approximate surface area is 142 Å². The van der Waals surface area contributed by atoms with Crippen molar-refractivity contribution in [2.45, 2.75) is 47.0 Å². The third kappa shape index (κ3) is 6.78. The molecule has 0 unspecified atom stereocenters. The lowest BCUT2D eigenvalue weighted by molar-refractivity contribution is -0.144. The molecule has 0 saturated heterocycles. The predicted molar refractivity (Wildman–Crippen MR) is 95.5 cm³/mol. The van der Waals surface area contributed by atoms with Gasteiger partial charge in [-0.05, 0) is 50.5 Å². The van der Waals surface area contributed by atoms with Crippen LogP contribution in [-0.2, 0) is 14.3 Å². The number of hydrogen-bond donors (Lipinski definition) is 2. The molecule has 2 N–H and O–H groups in total. The molecule has 1 aromatic carbocycles. The normalized spacial score (nSPS) is 10.1. The molecule has 1 aromatic rings. The molecule has 5 nitrogen and oxygen atoms in total. The van der Waals surface area contributed by atoms with Crippen LogP contribution in [0.2, 0.25) is 0 Å². The number of aryl methyl sites for hydroxylation is 3. The van der Waals surface area contributed by atoms with Gasteiger partial charge < -0.3 is 15.4 Å². The molecule has 0 aromatic heterocycles. The van der Waals surface area contributed by atoms with E-state index in [1.807, 2.05) is 39.8 Å². The van der Waals surface area contributed by atoms with Crippen LogP contribution in [0.4, 0.5) is 5.69 Å². The quantitative estimate of drug-likeness (QED) is 0.617. The first kappa shape index (κ1) is 19.1. The molecular formula is C17H24N2O3S.